The molecule has 0 unspecified atom stereocenters. The van der Waals surface area contributed by atoms with E-state index in [1.165, 1.54) is 34.7 Å². The van der Waals surface area contributed by atoms with Gasteiger partial charge in [-0.05, 0) is 53.9 Å². The molecule has 0 saturated heterocycles. The molecule has 3 aromatic carbocycles. The zero-order valence-electron chi connectivity index (χ0n) is 17.7. The van der Waals surface area contributed by atoms with Crippen LogP contribution in [0.4, 0.5) is 0 Å². The fourth-order valence-electron chi connectivity index (χ4n) is 3.83. The van der Waals surface area contributed by atoms with Crippen LogP contribution in [0.25, 0.3) is 6.08 Å². The molecule has 0 radical (unpaired) electrons. The van der Waals surface area contributed by atoms with Gasteiger partial charge >= 0.3 is 5.97 Å². The summed E-state index contributed by atoms with van der Waals surface area (Å²) in [6, 6.07) is 34.8. The van der Waals surface area contributed by atoms with Crippen molar-refractivity contribution >= 4 is 46.6 Å². The second-order valence-corrected chi connectivity index (χ2v) is 11.6. The SMILES string of the molecule is COC(=O)/C=C/c1cc(C[P+](c2ccccc2)(c2ccccc2)c2ccccc2)cs1.[Cl-]. The smallest absolute Gasteiger partial charge is 0.330 e. The molecule has 162 valence electrons. The molecule has 0 N–H and O–H groups in total. The number of esters is 1. The van der Waals surface area contributed by atoms with E-state index in [0.29, 0.717) is 0 Å². The minimum Gasteiger partial charge on any atom is -1.00 e. The summed E-state index contributed by atoms with van der Waals surface area (Å²) in [6.07, 6.45) is 4.23. The van der Waals surface area contributed by atoms with Crippen LogP contribution in [0.2, 0.25) is 0 Å². The number of methoxy groups -OCH3 is 1. The van der Waals surface area contributed by atoms with E-state index in [-0.39, 0.29) is 18.4 Å². The maximum atomic E-state index is 11.5. The highest BCUT2D eigenvalue weighted by atomic mass is 35.5. The zero-order chi connectivity index (χ0) is 21.5. The summed E-state index contributed by atoms with van der Waals surface area (Å²) in [5, 5.41) is 6.31. The van der Waals surface area contributed by atoms with Gasteiger partial charge in [-0.1, -0.05) is 54.6 Å². The topological polar surface area (TPSA) is 26.3 Å². The third kappa shape index (κ3) is 5.19. The number of benzene rings is 3. The lowest BCUT2D eigenvalue weighted by Gasteiger charge is -2.27. The maximum absolute atomic E-state index is 11.5. The van der Waals surface area contributed by atoms with Gasteiger partial charge in [0.05, 0.1) is 13.3 Å². The normalized spacial score (nSPS) is 11.2. The molecule has 32 heavy (non-hydrogen) atoms. The van der Waals surface area contributed by atoms with Crippen LogP contribution in [-0.2, 0) is 15.7 Å². The predicted octanol–water partition coefficient (Wildman–Crippen LogP) is 2.43. The van der Waals surface area contributed by atoms with Crippen molar-refractivity contribution in [3.05, 3.63) is 119 Å². The van der Waals surface area contributed by atoms with E-state index in [2.05, 4.69) is 102 Å². The van der Waals surface area contributed by atoms with E-state index in [4.69, 9.17) is 4.74 Å². The van der Waals surface area contributed by atoms with E-state index in [1.54, 1.807) is 11.3 Å². The first kappa shape index (κ1) is 23.9. The highest BCUT2D eigenvalue weighted by molar-refractivity contribution is 7.95. The van der Waals surface area contributed by atoms with E-state index in [1.807, 2.05) is 6.08 Å². The molecule has 0 aliphatic heterocycles. The number of thiophene rings is 1. The lowest BCUT2D eigenvalue weighted by atomic mass is 10.3. The van der Waals surface area contributed by atoms with E-state index < -0.39 is 7.26 Å². The number of halogens is 1. The van der Waals surface area contributed by atoms with Gasteiger partial charge in [0, 0.05) is 16.5 Å². The van der Waals surface area contributed by atoms with Gasteiger partial charge < -0.3 is 17.1 Å². The summed E-state index contributed by atoms with van der Waals surface area (Å²) in [6.45, 7) is 0. The van der Waals surface area contributed by atoms with Gasteiger partial charge in [0.15, 0.2) is 0 Å². The van der Waals surface area contributed by atoms with Gasteiger partial charge in [0.2, 0.25) is 0 Å². The molecule has 4 aromatic rings. The van der Waals surface area contributed by atoms with Crippen molar-refractivity contribution in [3.63, 3.8) is 0 Å². The van der Waals surface area contributed by atoms with Crippen molar-refractivity contribution in [2.24, 2.45) is 0 Å². The fraction of sp³-hybridized carbons (Fsp3) is 0.0741. The molecule has 5 heteroatoms. The van der Waals surface area contributed by atoms with Crippen LogP contribution in [0, 0.1) is 0 Å². The standard InChI is InChI=1S/C27H24O2PS.ClH/c1-29-27(28)18-17-26-19-22(21-31-26)20-30(23-11-5-2-6-12-23,24-13-7-3-8-14-24)25-15-9-4-10-16-25;/h2-19,21H,20H2,1H3;1H/q+1;/p-1/b18-17+;. The summed E-state index contributed by atoms with van der Waals surface area (Å²) < 4.78 is 4.72. The number of carbonyl (C=O) groups is 1. The highest BCUT2D eigenvalue weighted by Gasteiger charge is 2.45. The van der Waals surface area contributed by atoms with Crippen LogP contribution < -0.4 is 28.3 Å². The first-order valence-corrected chi connectivity index (χ1v) is 13.0. The number of hydrogen-bond donors (Lipinski definition) is 0. The predicted molar refractivity (Wildman–Crippen MR) is 134 cm³/mol. The lowest BCUT2D eigenvalue weighted by molar-refractivity contribution is -0.134. The van der Waals surface area contributed by atoms with Gasteiger partial charge in [-0.2, -0.15) is 0 Å². The van der Waals surface area contributed by atoms with Crippen molar-refractivity contribution in [3.8, 4) is 0 Å². The number of ether oxygens (including phenoxy) is 1. The molecular formula is C27H24ClO2PS. The van der Waals surface area contributed by atoms with Gasteiger partial charge in [0.25, 0.3) is 0 Å². The lowest BCUT2D eigenvalue weighted by Crippen LogP contribution is -3.00. The maximum Gasteiger partial charge on any atom is 0.330 e. The van der Waals surface area contributed by atoms with E-state index >= 15 is 0 Å². The van der Waals surface area contributed by atoms with Crippen LogP contribution in [0.5, 0.6) is 0 Å². The Morgan fingerprint density at radius 1 is 0.844 bits per heavy atom. The van der Waals surface area contributed by atoms with Gasteiger partial charge in [-0.15, -0.1) is 11.3 Å². The third-order valence-electron chi connectivity index (χ3n) is 5.27. The summed E-state index contributed by atoms with van der Waals surface area (Å²) >= 11 is 1.65. The number of hydrogen-bond acceptors (Lipinski definition) is 3. The van der Waals surface area contributed by atoms with E-state index in [9.17, 15) is 4.79 Å². The average Bonchev–Trinajstić information content (AvgIpc) is 3.30. The van der Waals surface area contributed by atoms with Crippen LogP contribution in [0.1, 0.15) is 10.4 Å². The quantitative estimate of drug-likeness (QED) is 0.232. The zero-order valence-corrected chi connectivity index (χ0v) is 20.2. The average molecular weight is 479 g/mol. The molecule has 0 spiro atoms. The minimum absolute atomic E-state index is 0. The van der Waals surface area contributed by atoms with Crippen molar-refractivity contribution in [2.75, 3.05) is 7.11 Å². The van der Waals surface area contributed by atoms with Crippen molar-refractivity contribution in [1.82, 2.24) is 0 Å². The molecule has 0 amide bonds. The Balaban J connectivity index is 0.00000289. The number of carbonyl (C=O) groups excluding carboxylic acids is 1. The molecule has 2 nitrogen and oxygen atoms in total. The molecule has 0 saturated carbocycles. The second-order valence-electron chi connectivity index (χ2n) is 7.19. The third-order valence-corrected chi connectivity index (χ3v) is 10.6. The highest BCUT2D eigenvalue weighted by Crippen LogP contribution is 2.58. The Kier molecular flexibility index (Phi) is 8.41. The Morgan fingerprint density at radius 3 is 1.75 bits per heavy atom. The molecule has 1 heterocycles. The second kappa shape index (κ2) is 11.2. The number of rotatable bonds is 7. The first-order valence-electron chi connectivity index (χ1n) is 10.1. The van der Waals surface area contributed by atoms with Gasteiger partial charge in [0.1, 0.15) is 23.2 Å². The Bertz CT molecular complexity index is 1060. The first-order chi connectivity index (χ1) is 15.2. The van der Waals surface area contributed by atoms with Gasteiger partial charge in [-0.25, -0.2) is 4.79 Å². The van der Waals surface area contributed by atoms with Crippen molar-refractivity contribution in [1.29, 1.82) is 0 Å². The van der Waals surface area contributed by atoms with Crippen molar-refractivity contribution in [2.45, 2.75) is 6.16 Å². The molecule has 0 aliphatic rings. The summed E-state index contributed by atoms with van der Waals surface area (Å²) in [7, 11) is -0.521. The van der Waals surface area contributed by atoms with Crippen molar-refractivity contribution < 1.29 is 21.9 Å². The molecule has 4 rings (SSSR count). The van der Waals surface area contributed by atoms with Crippen LogP contribution in [0.15, 0.2) is 109 Å². The van der Waals surface area contributed by atoms with Gasteiger partial charge in [-0.3, -0.25) is 0 Å². The Hall–Kier alpha value is -2.71. The molecule has 1 aromatic heterocycles. The fourth-order valence-corrected chi connectivity index (χ4v) is 8.97. The molecule has 0 aliphatic carbocycles. The van der Waals surface area contributed by atoms with Crippen LogP contribution in [0.3, 0.4) is 0 Å². The molecule has 0 atom stereocenters. The largest absolute Gasteiger partial charge is 1.00 e. The summed E-state index contributed by atoms with van der Waals surface area (Å²) in [5.41, 5.74) is 1.28. The van der Waals surface area contributed by atoms with Crippen LogP contribution >= 0.6 is 18.6 Å². The monoisotopic (exact) mass is 478 g/mol. The molecule has 0 fully saturated rings. The molecule has 0 bridgehead atoms. The van der Waals surface area contributed by atoms with Crippen LogP contribution in [-0.4, -0.2) is 13.1 Å². The minimum atomic E-state index is -1.91. The summed E-state index contributed by atoms with van der Waals surface area (Å²) in [5.74, 6) is -0.338. The summed E-state index contributed by atoms with van der Waals surface area (Å²) in [4.78, 5) is 12.5. The Labute approximate surface area is 200 Å². The Morgan fingerprint density at radius 2 is 1.31 bits per heavy atom. The van der Waals surface area contributed by atoms with E-state index in [0.717, 1.165) is 11.0 Å². The molecular weight excluding hydrogens is 455 g/mol.